The summed E-state index contributed by atoms with van der Waals surface area (Å²) >= 11 is 0. The number of rotatable bonds is 6. The van der Waals surface area contributed by atoms with Crippen LogP contribution in [0, 0.1) is 6.92 Å². The number of ether oxygens (including phenoxy) is 1. The maximum Gasteiger partial charge on any atom is 0.346 e. The van der Waals surface area contributed by atoms with Crippen LogP contribution in [0.15, 0.2) is 18.3 Å². The van der Waals surface area contributed by atoms with Crippen LogP contribution in [0.4, 0.5) is 0 Å². The summed E-state index contributed by atoms with van der Waals surface area (Å²) < 4.78 is 6.43. The minimum Gasteiger partial charge on any atom is -0.478 e. The number of esters is 1. The molecule has 7 nitrogen and oxygen atoms in total. The van der Waals surface area contributed by atoms with Gasteiger partial charge in [0.05, 0.1) is 6.54 Å². The van der Waals surface area contributed by atoms with Crippen LogP contribution >= 0.6 is 0 Å². The molecule has 2 N–H and O–H groups in total. The first-order chi connectivity index (χ1) is 9.79. The smallest absolute Gasteiger partial charge is 0.346 e. The Morgan fingerprint density at radius 2 is 2.14 bits per heavy atom. The summed E-state index contributed by atoms with van der Waals surface area (Å²) in [4.78, 5) is 33.2. The van der Waals surface area contributed by atoms with Gasteiger partial charge in [-0.1, -0.05) is 0 Å². The number of amides is 1. The van der Waals surface area contributed by atoms with Crippen molar-refractivity contribution in [2.45, 2.75) is 20.0 Å². The number of carboxylic acid groups (broad SMARTS) is 1. The van der Waals surface area contributed by atoms with Crippen LogP contribution < -0.4 is 5.32 Å². The second kappa shape index (κ2) is 7.28. The van der Waals surface area contributed by atoms with E-state index in [1.165, 1.54) is 6.08 Å². The van der Waals surface area contributed by atoms with Crippen LogP contribution in [0.5, 0.6) is 0 Å². The van der Waals surface area contributed by atoms with Crippen molar-refractivity contribution >= 4 is 23.9 Å². The van der Waals surface area contributed by atoms with Gasteiger partial charge in [0.15, 0.2) is 0 Å². The summed E-state index contributed by atoms with van der Waals surface area (Å²) in [6.07, 6.45) is 3.43. The lowest BCUT2D eigenvalue weighted by Gasteiger charge is -2.12. The van der Waals surface area contributed by atoms with Crippen LogP contribution in [0.2, 0.25) is 0 Å². The van der Waals surface area contributed by atoms with Gasteiger partial charge in [0.25, 0.3) is 0 Å². The number of aromatic nitrogens is 1. The van der Waals surface area contributed by atoms with Crippen LogP contribution in [0.25, 0.3) is 6.08 Å². The fourth-order valence-corrected chi connectivity index (χ4v) is 1.71. The largest absolute Gasteiger partial charge is 0.478 e. The van der Waals surface area contributed by atoms with E-state index in [0.717, 1.165) is 18.2 Å². The lowest BCUT2D eigenvalue weighted by atomic mass is 10.3. The molecule has 1 rings (SSSR count). The summed E-state index contributed by atoms with van der Waals surface area (Å²) in [5.74, 6) is -2.49. The zero-order valence-electron chi connectivity index (χ0n) is 12.1. The average molecular weight is 294 g/mol. The number of hydrogen-bond acceptors (Lipinski definition) is 4. The van der Waals surface area contributed by atoms with Crippen molar-refractivity contribution < 1.29 is 24.2 Å². The number of carbonyl (C=O) groups is 3. The molecule has 21 heavy (non-hydrogen) atoms. The molecular weight excluding hydrogens is 276 g/mol. The van der Waals surface area contributed by atoms with Gasteiger partial charge in [-0.2, -0.15) is 0 Å². The van der Waals surface area contributed by atoms with E-state index in [2.05, 4.69) is 10.1 Å². The van der Waals surface area contributed by atoms with Gasteiger partial charge in [0.1, 0.15) is 0 Å². The van der Waals surface area contributed by atoms with Crippen LogP contribution in [-0.4, -0.2) is 40.2 Å². The number of carboxylic acids is 1. The van der Waals surface area contributed by atoms with Crippen molar-refractivity contribution in [3.8, 4) is 0 Å². The molecule has 1 heterocycles. The van der Waals surface area contributed by atoms with Crippen LogP contribution in [0.1, 0.15) is 18.2 Å². The molecule has 0 aromatic carbocycles. The van der Waals surface area contributed by atoms with Crippen LogP contribution in [0.3, 0.4) is 0 Å². The minimum absolute atomic E-state index is 0.287. The number of hydrogen-bond donors (Lipinski definition) is 2. The van der Waals surface area contributed by atoms with E-state index in [-0.39, 0.29) is 6.54 Å². The van der Waals surface area contributed by atoms with Gasteiger partial charge in [-0.05, 0) is 24.6 Å². The standard InChI is InChI=1S/C14H18N2O5/c1-9-6-11(16(3)8-9)4-5-13(18)15-7-12(14(19)20)21-10(2)17/h4-6,8,12H,7H2,1-3H3,(H,15,18)(H,19,20)/b5-4+/t12-/m0/s1. The van der Waals surface area contributed by atoms with Crippen molar-refractivity contribution in [1.29, 1.82) is 0 Å². The van der Waals surface area contributed by atoms with Crippen molar-refractivity contribution in [1.82, 2.24) is 9.88 Å². The number of nitrogens with one attached hydrogen (secondary N) is 1. The first kappa shape index (κ1) is 16.5. The Hall–Kier alpha value is -2.57. The van der Waals surface area contributed by atoms with Crippen molar-refractivity contribution in [2.75, 3.05) is 6.54 Å². The number of nitrogens with zero attached hydrogens (tertiary/aromatic N) is 1. The molecule has 0 fully saturated rings. The second-order valence-electron chi connectivity index (χ2n) is 4.57. The van der Waals surface area contributed by atoms with E-state index in [0.29, 0.717) is 0 Å². The Balaban J connectivity index is 2.55. The molecule has 1 atom stereocenters. The predicted octanol–water partition coefficient (Wildman–Crippen LogP) is 0.479. The molecule has 0 bridgehead atoms. The molecular formula is C14H18N2O5. The number of aliphatic carboxylic acids is 1. The zero-order valence-corrected chi connectivity index (χ0v) is 12.1. The summed E-state index contributed by atoms with van der Waals surface area (Å²) in [7, 11) is 1.85. The first-order valence-corrected chi connectivity index (χ1v) is 6.28. The lowest BCUT2D eigenvalue weighted by molar-refractivity contribution is -0.162. The molecule has 0 saturated heterocycles. The highest BCUT2D eigenvalue weighted by Crippen LogP contribution is 2.07. The Morgan fingerprint density at radius 1 is 1.48 bits per heavy atom. The summed E-state index contributed by atoms with van der Waals surface area (Å²) in [6.45, 7) is 2.76. The normalized spacial score (nSPS) is 12.1. The van der Waals surface area contributed by atoms with Crippen molar-refractivity contribution in [3.05, 3.63) is 29.6 Å². The van der Waals surface area contributed by atoms with Gasteiger partial charge in [-0.25, -0.2) is 4.79 Å². The van der Waals surface area contributed by atoms with Gasteiger partial charge in [-0.15, -0.1) is 0 Å². The number of aryl methyl sites for hydroxylation is 2. The maximum absolute atomic E-state index is 11.6. The van der Waals surface area contributed by atoms with E-state index >= 15 is 0 Å². The summed E-state index contributed by atoms with van der Waals surface area (Å²) in [6, 6.07) is 1.91. The highest BCUT2D eigenvalue weighted by molar-refractivity contribution is 5.92. The topological polar surface area (TPSA) is 97.6 Å². The van der Waals surface area contributed by atoms with E-state index < -0.39 is 23.9 Å². The van der Waals surface area contributed by atoms with Crippen molar-refractivity contribution in [2.24, 2.45) is 7.05 Å². The Bertz CT molecular complexity index is 574. The minimum atomic E-state index is -1.39. The van der Waals surface area contributed by atoms with Gasteiger partial charge < -0.3 is 19.7 Å². The molecule has 0 aliphatic rings. The molecule has 0 aliphatic heterocycles. The predicted molar refractivity (Wildman–Crippen MR) is 75.4 cm³/mol. The molecule has 114 valence electrons. The molecule has 0 spiro atoms. The van der Waals surface area contributed by atoms with E-state index in [1.54, 1.807) is 6.08 Å². The lowest BCUT2D eigenvalue weighted by Crippen LogP contribution is -2.38. The molecule has 1 aromatic heterocycles. The Labute approximate surface area is 122 Å². The highest BCUT2D eigenvalue weighted by Gasteiger charge is 2.20. The van der Waals surface area contributed by atoms with E-state index in [9.17, 15) is 14.4 Å². The van der Waals surface area contributed by atoms with Gasteiger partial charge in [-0.3, -0.25) is 9.59 Å². The van der Waals surface area contributed by atoms with E-state index in [4.69, 9.17) is 5.11 Å². The van der Waals surface area contributed by atoms with E-state index in [1.807, 2.05) is 30.8 Å². The SMILES string of the molecule is CC(=O)O[C@@H](CNC(=O)/C=C/c1cc(C)cn1C)C(=O)O. The molecule has 0 aliphatic carbocycles. The third kappa shape index (κ3) is 5.52. The zero-order chi connectivity index (χ0) is 16.0. The third-order valence-electron chi connectivity index (χ3n) is 2.63. The summed E-state index contributed by atoms with van der Waals surface area (Å²) in [5, 5.41) is 11.2. The molecule has 0 unspecified atom stereocenters. The monoisotopic (exact) mass is 294 g/mol. The number of carbonyl (C=O) groups excluding carboxylic acids is 2. The Kier molecular flexibility index (Phi) is 5.71. The van der Waals surface area contributed by atoms with Gasteiger partial charge >= 0.3 is 11.9 Å². The van der Waals surface area contributed by atoms with Gasteiger partial charge in [0.2, 0.25) is 12.0 Å². The fourth-order valence-electron chi connectivity index (χ4n) is 1.71. The third-order valence-corrected chi connectivity index (χ3v) is 2.63. The molecule has 0 radical (unpaired) electrons. The molecule has 1 amide bonds. The highest BCUT2D eigenvalue weighted by atomic mass is 16.6. The first-order valence-electron chi connectivity index (χ1n) is 6.28. The van der Waals surface area contributed by atoms with Crippen LogP contribution in [-0.2, 0) is 26.2 Å². The molecule has 7 heteroatoms. The quantitative estimate of drug-likeness (QED) is 0.587. The summed E-state index contributed by atoms with van der Waals surface area (Å²) in [5.41, 5.74) is 1.91. The average Bonchev–Trinajstić information content (AvgIpc) is 2.69. The van der Waals surface area contributed by atoms with Crippen molar-refractivity contribution in [3.63, 3.8) is 0 Å². The molecule has 1 aromatic rings. The van der Waals surface area contributed by atoms with Gasteiger partial charge in [0, 0.05) is 31.9 Å². The molecule has 0 saturated carbocycles. The second-order valence-corrected chi connectivity index (χ2v) is 4.57. The Morgan fingerprint density at radius 3 is 2.62 bits per heavy atom. The fraction of sp³-hybridized carbons (Fsp3) is 0.357. The maximum atomic E-state index is 11.6.